The number of amides is 2. The van der Waals surface area contributed by atoms with Gasteiger partial charge in [0.05, 0.1) is 10.6 Å². The van der Waals surface area contributed by atoms with Crippen molar-refractivity contribution in [2.75, 3.05) is 5.32 Å². The van der Waals surface area contributed by atoms with Gasteiger partial charge in [0.1, 0.15) is 0 Å². The summed E-state index contributed by atoms with van der Waals surface area (Å²) in [6.45, 7) is 5.58. The van der Waals surface area contributed by atoms with Crippen LogP contribution in [0.1, 0.15) is 36.5 Å². The average Bonchev–Trinajstić information content (AvgIpc) is 2.67. The highest BCUT2D eigenvalue weighted by molar-refractivity contribution is 6.00. The highest BCUT2D eigenvalue weighted by atomic mass is 16.6. The van der Waals surface area contributed by atoms with E-state index in [1.807, 2.05) is 32.0 Å². The van der Waals surface area contributed by atoms with Gasteiger partial charge in [-0.25, -0.2) is 5.43 Å². The van der Waals surface area contributed by atoms with Crippen LogP contribution in [0.5, 0.6) is 0 Å². The number of rotatable bonds is 7. The molecule has 146 valence electrons. The van der Waals surface area contributed by atoms with Gasteiger partial charge in [-0.2, -0.15) is 5.10 Å². The number of benzene rings is 2. The van der Waals surface area contributed by atoms with E-state index in [-0.39, 0.29) is 24.4 Å². The summed E-state index contributed by atoms with van der Waals surface area (Å²) in [6.07, 6.45) is -0.00741. The quantitative estimate of drug-likeness (QED) is 0.433. The lowest BCUT2D eigenvalue weighted by atomic mass is 10.1. The number of hydrazone groups is 1. The number of hydrogen-bond donors (Lipinski definition) is 2. The third kappa shape index (κ3) is 6.01. The molecule has 2 rings (SSSR count). The van der Waals surface area contributed by atoms with Crippen LogP contribution in [-0.4, -0.2) is 22.4 Å². The van der Waals surface area contributed by atoms with Crippen molar-refractivity contribution in [2.45, 2.75) is 33.6 Å². The van der Waals surface area contributed by atoms with Crippen LogP contribution in [0.25, 0.3) is 0 Å². The Balaban J connectivity index is 1.85. The topological polar surface area (TPSA) is 114 Å². The molecule has 2 N–H and O–H groups in total. The lowest BCUT2D eigenvalue weighted by Gasteiger charge is -2.07. The van der Waals surface area contributed by atoms with Crippen LogP contribution in [0.15, 0.2) is 47.6 Å². The largest absolute Gasteiger partial charge is 0.326 e. The molecule has 0 aliphatic carbocycles. The number of non-ortho nitro benzene ring substituents is 1. The summed E-state index contributed by atoms with van der Waals surface area (Å²) in [7, 11) is 0. The van der Waals surface area contributed by atoms with E-state index >= 15 is 0 Å². The second-order valence-electron chi connectivity index (χ2n) is 6.39. The smallest absolute Gasteiger partial charge is 0.270 e. The average molecular weight is 382 g/mol. The molecule has 0 atom stereocenters. The molecule has 0 unspecified atom stereocenters. The third-order valence-corrected chi connectivity index (χ3v) is 4.19. The number of nitrogens with one attached hydrogen (secondary N) is 2. The van der Waals surface area contributed by atoms with Gasteiger partial charge in [-0.05, 0) is 44.0 Å². The van der Waals surface area contributed by atoms with Crippen molar-refractivity contribution in [3.8, 4) is 0 Å². The summed E-state index contributed by atoms with van der Waals surface area (Å²) >= 11 is 0. The minimum absolute atomic E-state index is 0.0180. The summed E-state index contributed by atoms with van der Waals surface area (Å²) in [6, 6.07) is 11.6. The monoisotopic (exact) mass is 382 g/mol. The molecule has 8 nitrogen and oxygen atoms in total. The number of aryl methyl sites for hydroxylation is 2. The minimum atomic E-state index is -0.497. The molecular formula is C20H22N4O4. The zero-order chi connectivity index (χ0) is 20.7. The van der Waals surface area contributed by atoms with Crippen molar-refractivity contribution >= 4 is 28.9 Å². The first-order chi connectivity index (χ1) is 13.3. The number of hydrogen-bond acceptors (Lipinski definition) is 5. The molecule has 8 heteroatoms. The molecule has 0 saturated carbocycles. The molecule has 0 aromatic heterocycles. The van der Waals surface area contributed by atoms with E-state index in [2.05, 4.69) is 15.8 Å². The van der Waals surface area contributed by atoms with Crippen LogP contribution >= 0.6 is 0 Å². The predicted octanol–water partition coefficient (Wildman–Crippen LogP) is 3.47. The third-order valence-electron chi connectivity index (χ3n) is 4.19. The highest BCUT2D eigenvalue weighted by Gasteiger charge is 2.09. The highest BCUT2D eigenvalue weighted by Crippen LogP contribution is 2.15. The maximum atomic E-state index is 12.0. The van der Waals surface area contributed by atoms with Crippen molar-refractivity contribution in [3.05, 3.63) is 69.3 Å². The molecule has 0 aliphatic rings. The van der Waals surface area contributed by atoms with Gasteiger partial charge in [-0.1, -0.05) is 18.2 Å². The molecule has 2 aromatic carbocycles. The maximum Gasteiger partial charge on any atom is 0.270 e. The first-order valence-electron chi connectivity index (χ1n) is 8.71. The molecule has 2 aromatic rings. The van der Waals surface area contributed by atoms with Crippen molar-refractivity contribution in [2.24, 2.45) is 5.10 Å². The van der Waals surface area contributed by atoms with Gasteiger partial charge < -0.3 is 5.32 Å². The zero-order valence-electron chi connectivity index (χ0n) is 16.0. The maximum absolute atomic E-state index is 12.0. The van der Waals surface area contributed by atoms with E-state index in [0.717, 1.165) is 11.1 Å². The predicted molar refractivity (Wildman–Crippen MR) is 107 cm³/mol. The van der Waals surface area contributed by atoms with Crippen LogP contribution in [0, 0.1) is 24.0 Å². The Morgan fingerprint density at radius 1 is 1.04 bits per heavy atom. The minimum Gasteiger partial charge on any atom is -0.326 e. The van der Waals surface area contributed by atoms with E-state index < -0.39 is 10.8 Å². The molecule has 2 amide bonds. The Labute approximate surface area is 162 Å². The lowest BCUT2D eigenvalue weighted by Crippen LogP contribution is -2.21. The van der Waals surface area contributed by atoms with Gasteiger partial charge in [0.2, 0.25) is 11.8 Å². The summed E-state index contributed by atoms with van der Waals surface area (Å²) in [5.41, 5.74) is 6.16. The fraction of sp³-hybridized carbons (Fsp3) is 0.250. The first-order valence-corrected chi connectivity index (χ1v) is 8.71. The van der Waals surface area contributed by atoms with E-state index in [1.54, 1.807) is 19.1 Å². The van der Waals surface area contributed by atoms with Gasteiger partial charge in [0.25, 0.3) is 5.69 Å². The van der Waals surface area contributed by atoms with Crippen LogP contribution in [0.3, 0.4) is 0 Å². The van der Waals surface area contributed by atoms with Crippen molar-refractivity contribution in [3.63, 3.8) is 0 Å². The Bertz CT molecular complexity index is 938. The molecule has 28 heavy (non-hydrogen) atoms. The fourth-order valence-electron chi connectivity index (χ4n) is 2.38. The zero-order valence-corrected chi connectivity index (χ0v) is 16.0. The van der Waals surface area contributed by atoms with Gasteiger partial charge in [-0.3, -0.25) is 19.7 Å². The van der Waals surface area contributed by atoms with Crippen molar-refractivity contribution < 1.29 is 14.5 Å². The number of nitro benzene ring substituents is 1. The molecule has 0 fully saturated rings. The Kier molecular flexibility index (Phi) is 6.97. The Morgan fingerprint density at radius 2 is 1.75 bits per heavy atom. The van der Waals surface area contributed by atoms with E-state index in [0.29, 0.717) is 17.0 Å². The molecule has 0 aliphatic heterocycles. The van der Waals surface area contributed by atoms with Crippen LogP contribution in [0.2, 0.25) is 0 Å². The number of carbonyl (C=O) groups is 2. The fourth-order valence-corrected chi connectivity index (χ4v) is 2.38. The number of nitro groups is 1. The molecule has 0 bridgehead atoms. The molecule has 0 saturated heterocycles. The summed E-state index contributed by atoms with van der Waals surface area (Å²) < 4.78 is 0. The molecular weight excluding hydrogens is 360 g/mol. The molecule has 0 radical (unpaired) electrons. The summed E-state index contributed by atoms with van der Waals surface area (Å²) in [5, 5.41) is 17.5. The number of anilines is 1. The summed E-state index contributed by atoms with van der Waals surface area (Å²) in [4.78, 5) is 34.2. The lowest BCUT2D eigenvalue weighted by molar-refractivity contribution is -0.384. The first kappa shape index (κ1) is 20.8. The Hall–Kier alpha value is -3.55. The molecule has 0 heterocycles. The second kappa shape index (κ2) is 9.40. The van der Waals surface area contributed by atoms with E-state index in [1.165, 1.54) is 12.1 Å². The van der Waals surface area contributed by atoms with E-state index in [9.17, 15) is 19.7 Å². The van der Waals surface area contributed by atoms with E-state index in [4.69, 9.17) is 0 Å². The standard InChI is InChI=1S/C20H22N4O4/c1-13-7-8-17(11-14(13)2)21-19(25)9-10-20(26)23-22-15(3)16-5-4-6-18(12-16)24(27)28/h4-8,11-12H,9-10H2,1-3H3,(H,21,25)(H,23,26). The second-order valence-corrected chi connectivity index (χ2v) is 6.39. The normalized spacial score (nSPS) is 11.0. The molecule has 0 spiro atoms. The SMILES string of the molecule is CC(=NNC(=O)CCC(=O)Nc1ccc(C)c(C)c1)c1cccc([N+](=O)[O-])c1. The van der Waals surface area contributed by atoms with Crippen LogP contribution < -0.4 is 10.7 Å². The summed E-state index contributed by atoms with van der Waals surface area (Å²) in [5.74, 6) is -0.683. The van der Waals surface area contributed by atoms with Gasteiger partial charge in [0, 0.05) is 36.2 Å². The number of nitrogens with zero attached hydrogens (tertiary/aromatic N) is 2. The van der Waals surface area contributed by atoms with Crippen LogP contribution in [0.4, 0.5) is 11.4 Å². The van der Waals surface area contributed by atoms with Crippen molar-refractivity contribution in [1.82, 2.24) is 5.43 Å². The van der Waals surface area contributed by atoms with Gasteiger partial charge >= 0.3 is 0 Å². The van der Waals surface area contributed by atoms with Crippen LogP contribution in [-0.2, 0) is 9.59 Å². The van der Waals surface area contributed by atoms with Gasteiger partial charge in [-0.15, -0.1) is 0 Å². The Morgan fingerprint density at radius 3 is 2.43 bits per heavy atom. The number of carbonyl (C=O) groups excluding carboxylic acids is 2. The van der Waals surface area contributed by atoms with Gasteiger partial charge in [0.15, 0.2) is 0 Å². The van der Waals surface area contributed by atoms with Crippen molar-refractivity contribution in [1.29, 1.82) is 0 Å².